The number of aromatic nitrogens is 3. The van der Waals surface area contributed by atoms with Gasteiger partial charge in [-0.3, -0.25) is 4.79 Å². The van der Waals surface area contributed by atoms with Gasteiger partial charge in [-0.2, -0.15) is 5.10 Å². The average molecular weight is 399 g/mol. The molecule has 0 radical (unpaired) electrons. The number of amides is 1. The molecule has 4 aromatic rings. The normalized spacial score (nSPS) is 11.0. The molecule has 0 aliphatic heterocycles. The Morgan fingerprint density at radius 3 is 2.33 bits per heavy atom. The number of fused-ring (bicyclic) bond motifs is 1. The zero-order valence-corrected chi connectivity index (χ0v) is 17.7. The summed E-state index contributed by atoms with van der Waals surface area (Å²) < 4.78 is 1.88. The van der Waals surface area contributed by atoms with Crippen LogP contribution in [0.1, 0.15) is 34.6 Å². The Hall–Kier alpha value is -3.47. The standard InChI is InChI=1S/C25H26N4O/c1-18-16-24-26-19(2)23(20(3)29(24)27-18)14-15-25(30)28(22-12-8-5-9-13-22)17-21-10-6-4-7-11-21/h4-13,16H,14-15,17H2,1-3H3. The summed E-state index contributed by atoms with van der Waals surface area (Å²) in [6, 6.07) is 21.9. The highest BCUT2D eigenvalue weighted by molar-refractivity contribution is 5.93. The number of benzene rings is 2. The van der Waals surface area contributed by atoms with E-state index in [0.29, 0.717) is 19.4 Å². The van der Waals surface area contributed by atoms with Crippen molar-refractivity contribution in [1.29, 1.82) is 0 Å². The van der Waals surface area contributed by atoms with Crippen LogP contribution in [0.15, 0.2) is 66.7 Å². The van der Waals surface area contributed by atoms with Crippen molar-refractivity contribution in [3.05, 3.63) is 94.9 Å². The second-order valence-corrected chi connectivity index (χ2v) is 7.62. The fraction of sp³-hybridized carbons (Fsp3) is 0.240. The molecule has 0 spiro atoms. The molecule has 0 saturated carbocycles. The van der Waals surface area contributed by atoms with Crippen LogP contribution >= 0.6 is 0 Å². The van der Waals surface area contributed by atoms with E-state index in [0.717, 1.165) is 39.5 Å². The van der Waals surface area contributed by atoms with Crippen molar-refractivity contribution < 1.29 is 4.79 Å². The number of rotatable bonds is 6. The number of aryl methyl sites for hydroxylation is 3. The van der Waals surface area contributed by atoms with Gasteiger partial charge in [0.15, 0.2) is 5.65 Å². The fourth-order valence-electron chi connectivity index (χ4n) is 3.87. The van der Waals surface area contributed by atoms with E-state index >= 15 is 0 Å². The molecule has 0 atom stereocenters. The number of para-hydroxylation sites is 1. The van der Waals surface area contributed by atoms with Crippen LogP contribution in [0.2, 0.25) is 0 Å². The Bertz CT molecular complexity index is 1170. The fourth-order valence-corrected chi connectivity index (χ4v) is 3.87. The van der Waals surface area contributed by atoms with Gasteiger partial charge in [0.2, 0.25) is 5.91 Å². The van der Waals surface area contributed by atoms with Crippen LogP contribution in [0, 0.1) is 20.8 Å². The summed E-state index contributed by atoms with van der Waals surface area (Å²) in [5.74, 6) is 0.0978. The molecule has 2 aromatic heterocycles. The molecule has 4 rings (SSSR count). The summed E-state index contributed by atoms with van der Waals surface area (Å²) >= 11 is 0. The van der Waals surface area contributed by atoms with E-state index in [9.17, 15) is 4.79 Å². The molecule has 30 heavy (non-hydrogen) atoms. The number of nitrogens with zero attached hydrogens (tertiary/aromatic N) is 4. The molecular formula is C25H26N4O. The van der Waals surface area contributed by atoms with Crippen LogP contribution < -0.4 is 4.90 Å². The van der Waals surface area contributed by atoms with Gasteiger partial charge >= 0.3 is 0 Å². The van der Waals surface area contributed by atoms with Crippen LogP contribution in [-0.2, 0) is 17.8 Å². The lowest BCUT2D eigenvalue weighted by molar-refractivity contribution is -0.118. The van der Waals surface area contributed by atoms with E-state index < -0.39 is 0 Å². The second-order valence-electron chi connectivity index (χ2n) is 7.62. The third-order valence-electron chi connectivity index (χ3n) is 5.43. The molecule has 0 N–H and O–H groups in total. The zero-order valence-electron chi connectivity index (χ0n) is 17.7. The molecule has 5 nitrogen and oxygen atoms in total. The summed E-state index contributed by atoms with van der Waals surface area (Å²) in [6.07, 6.45) is 1.05. The SMILES string of the molecule is Cc1cc2nc(C)c(CCC(=O)N(Cc3ccccc3)c3ccccc3)c(C)n2n1. The van der Waals surface area contributed by atoms with Crippen LogP contribution in [-0.4, -0.2) is 20.5 Å². The van der Waals surface area contributed by atoms with Gasteiger partial charge in [-0.15, -0.1) is 0 Å². The zero-order chi connectivity index (χ0) is 21.1. The molecule has 0 fully saturated rings. The quantitative estimate of drug-likeness (QED) is 0.468. The first-order valence-corrected chi connectivity index (χ1v) is 10.2. The molecule has 0 saturated heterocycles. The van der Waals surface area contributed by atoms with E-state index in [1.807, 2.05) is 84.8 Å². The number of carbonyl (C=O) groups excluding carboxylic acids is 1. The topological polar surface area (TPSA) is 50.5 Å². The number of hydrogen-bond acceptors (Lipinski definition) is 3. The largest absolute Gasteiger partial charge is 0.308 e. The summed E-state index contributed by atoms with van der Waals surface area (Å²) in [5, 5.41) is 4.54. The first kappa shape index (κ1) is 19.8. The van der Waals surface area contributed by atoms with E-state index in [4.69, 9.17) is 0 Å². The summed E-state index contributed by atoms with van der Waals surface area (Å²) in [5.41, 5.74) is 6.92. The Labute approximate surface area is 177 Å². The maximum Gasteiger partial charge on any atom is 0.227 e. The average Bonchev–Trinajstić information content (AvgIpc) is 3.13. The van der Waals surface area contributed by atoms with Crippen LogP contribution in [0.25, 0.3) is 5.65 Å². The molecule has 0 bridgehead atoms. The molecule has 1 amide bonds. The van der Waals surface area contributed by atoms with Crippen molar-refractivity contribution >= 4 is 17.2 Å². The number of carbonyl (C=O) groups is 1. The van der Waals surface area contributed by atoms with Crippen molar-refractivity contribution in [2.24, 2.45) is 0 Å². The van der Waals surface area contributed by atoms with Gasteiger partial charge in [-0.25, -0.2) is 9.50 Å². The minimum absolute atomic E-state index is 0.0978. The number of anilines is 1. The van der Waals surface area contributed by atoms with Gasteiger partial charge in [0.05, 0.1) is 12.2 Å². The molecule has 152 valence electrons. The van der Waals surface area contributed by atoms with Crippen molar-refractivity contribution in [2.45, 2.75) is 40.2 Å². The second kappa shape index (κ2) is 8.49. The molecular weight excluding hydrogens is 372 g/mol. The number of hydrogen-bond donors (Lipinski definition) is 0. The molecule has 0 aliphatic carbocycles. The molecule has 5 heteroatoms. The minimum Gasteiger partial charge on any atom is -0.308 e. The van der Waals surface area contributed by atoms with E-state index in [2.05, 4.69) is 22.2 Å². The van der Waals surface area contributed by atoms with Crippen molar-refractivity contribution in [3.8, 4) is 0 Å². The molecule has 0 unspecified atom stereocenters. The van der Waals surface area contributed by atoms with Crippen molar-refractivity contribution in [1.82, 2.24) is 14.6 Å². The highest BCUT2D eigenvalue weighted by atomic mass is 16.2. The lowest BCUT2D eigenvalue weighted by atomic mass is 10.1. The van der Waals surface area contributed by atoms with Crippen molar-refractivity contribution in [2.75, 3.05) is 4.90 Å². The summed E-state index contributed by atoms with van der Waals surface area (Å²) in [6.45, 7) is 6.58. The smallest absolute Gasteiger partial charge is 0.227 e. The Morgan fingerprint density at radius 2 is 1.63 bits per heavy atom. The lowest BCUT2D eigenvalue weighted by Gasteiger charge is -2.23. The Morgan fingerprint density at radius 1 is 0.967 bits per heavy atom. The first-order valence-electron chi connectivity index (χ1n) is 10.2. The summed E-state index contributed by atoms with van der Waals surface area (Å²) in [4.78, 5) is 19.8. The van der Waals surface area contributed by atoms with Gasteiger partial charge < -0.3 is 4.90 Å². The van der Waals surface area contributed by atoms with Crippen LogP contribution in [0.5, 0.6) is 0 Å². The third kappa shape index (κ3) is 4.10. The molecule has 2 aromatic carbocycles. The maximum atomic E-state index is 13.3. The van der Waals surface area contributed by atoms with E-state index in [1.54, 1.807) is 0 Å². The third-order valence-corrected chi connectivity index (χ3v) is 5.43. The summed E-state index contributed by atoms with van der Waals surface area (Å²) in [7, 11) is 0. The van der Waals surface area contributed by atoms with Gasteiger partial charge in [-0.05, 0) is 50.5 Å². The molecule has 0 aliphatic rings. The Balaban J connectivity index is 1.58. The minimum atomic E-state index is 0.0978. The maximum absolute atomic E-state index is 13.3. The van der Waals surface area contributed by atoms with Gasteiger partial charge in [0, 0.05) is 29.6 Å². The first-order chi connectivity index (χ1) is 14.5. The van der Waals surface area contributed by atoms with Crippen molar-refractivity contribution in [3.63, 3.8) is 0 Å². The Kier molecular flexibility index (Phi) is 5.61. The van der Waals surface area contributed by atoms with Gasteiger partial charge in [-0.1, -0.05) is 48.5 Å². The van der Waals surface area contributed by atoms with E-state index in [-0.39, 0.29) is 5.91 Å². The van der Waals surface area contributed by atoms with Gasteiger partial charge in [0.1, 0.15) is 0 Å². The highest BCUT2D eigenvalue weighted by Gasteiger charge is 2.18. The predicted octanol–water partition coefficient (Wildman–Crippen LogP) is 4.82. The highest BCUT2D eigenvalue weighted by Crippen LogP contribution is 2.21. The lowest BCUT2D eigenvalue weighted by Crippen LogP contribution is -2.30. The monoisotopic (exact) mass is 398 g/mol. The predicted molar refractivity (Wildman–Crippen MR) is 120 cm³/mol. The van der Waals surface area contributed by atoms with Crippen LogP contribution in [0.3, 0.4) is 0 Å². The van der Waals surface area contributed by atoms with Gasteiger partial charge in [0.25, 0.3) is 0 Å². The van der Waals surface area contributed by atoms with E-state index in [1.165, 1.54) is 0 Å². The van der Waals surface area contributed by atoms with Crippen LogP contribution in [0.4, 0.5) is 5.69 Å². The molecule has 2 heterocycles.